The van der Waals surface area contributed by atoms with Gasteiger partial charge in [0, 0.05) is 22.7 Å². The smallest absolute Gasteiger partial charge is 0.333 e. The molecule has 226 valence electrons. The van der Waals surface area contributed by atoms with Crippen LogP contribution in [0.3, 0.4) is 0 Å². The monoisotopic (exact) mass is 633 g/mol. The summed E-state index contributed by atoms with van der Waals surface area (Å²) in [4.78, 5) is 44.6. The fraction of sp³-hybridized carbons (Fsp3) is 0.250. The Kier molecular flexibility index (Phi) is 7.93. The van der Waals surface area contributed by atoms with Gasteiger partial charge in [0.2, 0.25) is 5.91 Å². The average Bonchev–Trinajstić information content (AvgIpc) is 3.54. The van der Waals surface area contributed by atoms with Gasteiger partial charge in [-0.15, -0.1) is 0 Å². The minimum atomic E-state index is -0.829. The molecule has 0 aliphatic carbocycles. The van der Waals surface area contributed by atoms with Crippen molar-refractivity contribution in [3.05, 3.63) is 115 Å². The van der Waals surface area contributed by atoms with E-state index in [2.05, 4.69) is 0 Å². The second-order valence-corrected chi connectivity index (χ2v) is 11.9. The maximum atomic E-state index is 13.9. The molecule has 0 radical (unpaired) electrons. The number of benzene rings is 3. The van der Waals surface area contributed by atoms with Crippen LogP contribution < -0.4 is 17.0 Å². The van der Waals surface area contributed by atoms with Gasteiger partial charge in [0.05, 0.1) is 24.3 Å². The van der Waals surface area contributed by atoms with E-state index in [9.17, 15) is 14.4 Å². The zero-order chi connectivity index (χ0) is 31.2. The number of imidazole rings is 1. The van der Waals surface area contributed by atoms with Crippen molar-refractivity contribution in [2.24, 2.45) is 5.73 Å². The first-order chi connectivity index (χ1) is 21.0. The SMILES string of the molecule is CC1(C)OCC(Cc2ccc(Cn3c(=O)n(CC(N)=O)c(=O)c4c3nc(-c3ccccc3Cl)n4-c3ccc(Cl)cc3)cc2)O1. The van der Waals surface area contributed by atoms with Gasteiger partial charge >= 0.3 is 5.69 Å². The molecule has 6 rings (SSSR count). The average molecular weight is 635 g/mol. The van der Waals surface area contributed by atoms with E-state index in [1.54, 1.807) is 53.1 Å². The molecule has 1 aliphatic heterocycles. The van der Waals surface area contributed by atoms with E-state index in [-0.39, 0.29) is 23.8 Å². The van der Waals surface area contributed by atoms with Crippen molar-refractivity contribution in [2.45, 2.75) is 45.2 Å². The summed E-state index contributed by atoms with van der Waals surface area (Å²) in [7, 11) is 0. The van der Waals surface area contributed by atoms with Gasteiger partial charge in [-0.1, -0.05) is 59.6 Å². The summed E-state index contributed by atoms with van der Waals surface area (Å²) in [6, 6.07) is 21.7. The number of halogens is 2. The van der Waals surface area contributed by atoms with Crippen LogP contribution in [-0.4, -0.2) is 43.1 Å². The van der Waals surface area contributed by atoms with Crippen molar-refractivity contribution in [2.75, 3.05) is 6.61 Å². The zero-order valence-electron chi connectivity index (χ0n) is 24.0. The molecule has 10 nitrogen and oxygen atoms in total. The zero-order valence-corrected chi connectivity index (χ0v) is 25.5. The Morgan fingerprint density at radius 3 is 2.30 bits per heavy atom. The molecule has 0 saturated carbocycles. The molecule has 1 atom stereocenters. The van der Waals surface area contributed by atoms with Crippen LogP contribution in [-0.2, 0) is 33.8 Å². The van der Waals surface area contributed by atoms with E-state index in [1.165, 1.54) is 4.57 Å². The lowest BCUT2D eigenvalue weighted by atomic mass is 10.1. The molecule has 44 heavy (non-hydrogen) atoms. The van der Waals surface area contributed by atoms with E-state index < -0.39 is 29.5 Å². The number of amides is 1. The van der Waals surface area contributed by atoms with Crippen molar-refractivity contribution in [3.8, 4) is 17.1 Å². The first kappa shape index (κ1) is 29.8. The summed E-state index contributed by atoms with van der Waals surface area (Å²) in [6.45, 7) is 3.76. The number of fused-ring (bicyclic) bond motifs is 1. The summed E-state index contributed by atoms with van der Waals surface area (Å²) in [6.07, 6.45) is 0.611. The van der Waals surface area contributed by atoms with Gasteiger partial charge in [-0.05, 0) is 61.4 Å². The Hall–Kier alpha value is -4.22. The van der Waals surface area contributed by atoms with E-state index in [1.807, 2.05) is 38.1 Å². The van der Waals surface area contributed by atoms with Gasteiger partial charge in [-0.25, -0.2) is 14.3 Å². The molecule has 0 bridgehead atoms. The number of carbonyl (C=O) groups excluding carboxylic acids is 1. The highest BCUT2D eigenvalue weighted by Gasteiger charge is 2.32. The van der Waals surface area contributed by atoms with Crippen LogP contribution in [0.15, 0.2) is 82.4 Å². The lowest BCUT2D eigenvalue weighted by Gasteiger charge is -2.17. The molecule has 3 heterocycles. The summed E-state index contributed by atoms with van der Waals surface area (Å²) in [5.74, 6) is -1.10. The molecule has 2 aromatic heterocycles. The minimum Gasteiger partial charge on any atom is -0.368 e. The van der Waals surface area contributed by atoms with Crippen LogP contribution in [0.5, 0.6) is 0 Å². The maximum absolute atomic E-state index is 13.9. The highest BCUT2D eigenvalue weighted by molar-refractivity contribution is 6.33. The molecule has 12 heteroatoms. The van der Waals surface area contributed by atoms with Crippen LogP contribution in [0.4, 0.5) is 0 Å². The van der Waals surface area contributed by atoms with Crippen LogP contribution >= 0.6 is 23.2 Å². The van der Waals surface area contributed by atoms with Gasteiger partial charge in [0.25, 0.3) is 5.56 Å². The molecular formula is C32H29Cl2N5O5. The predicted molar refractivity (Wildman–Crippen MR) is 168 cm³/mol. The predicted octanol–water partition coefficient (Wildman–Crippen LogP) is 4.55. The number of carbonyl (C=O) groups is 1. The molecule has 3 aromatic carbocycles. The maximum Gasteiger partial charge on any atom is 0.333 e. The Bertz CT molecular complexity index is 2000. The largest absolute Gasteiger partial charge is 0.368 e. The van der Waals surface area contributed by atoms with Crippen LogP contribution in [0.25, 0.3) is 28.2 Å². The standard InChI is InChI=1S/C32H29Cl2N5O5/c1-32(2)43-18-23(44-32)15-19-7-9-20(10-8-19)16-37-29-27(30(41)38(31(37)42)17-26(35)40)39(22-13-11-21(33)12-14-22)28(36-29)24-5-3-4-6-25(24)34/h3-14,23H,15-18H2,1-2H3,(H2,35,40). The Labute approximate surface area is 262 Å². The highest BCUT2D eigenvalue weighted by Crippen LogP contribution is 2.32. The molecule has 1 aliphatic rings. The quantitative estimate of drug-likeness (QED) is 0.267. The molecule has 1 saturated heterocycles. The molecule has 0 spiro atoms. The topological polar surface area (TPSA) is 123 Å². The molecule has 1 fully saturated rings. The number of hydrogen-bond acceptors (Lipinski definition) is 6. The van der Waals surface area contributed by atoms with Crippen LogP contribution in [0.1, 0.15) is 25.0 Å². The highest BCUT2D eigenvalue weighted by atomic mass is 35.5. The Morgan fingerprint density at radius 2 is 1.66 bits per heavy atom. The number of aromatic nitrogens is 4. The van der Waals surface area contributed by atoms with Crippen molar-refractivity contribution in [1.82, 2.24) is 18.7 Å². The fourth-order valence-electron chi connectivity index (χ4n) is 5.43. The summed E-state index contributed by atoms with van der Waals surface area (Å²) >= 11 is 12.8. The first-order valence-electron chi connectivity index (χ1n) is 14.0. The Morgan fingerprint density at radius 1 is 0.977 bits per heavy atom. The van der Waals surface area contributed by atoms with Gasteiger partial charge in [-0.2, -0.15) is 0 Å². The second kappa shape index (κ2) is 11.7. The third kappa shape index (κ3) is 5.81. The van der Waals surface area contributed by atoms with Crippen molar-refractivity contribution in [3.63, 3.8) is 0 Å². The van der Waals surface area contributed by atoms with Gasteiger partial charge in [-0.3, -0.25) is 18.7 Å². The lowest BCUT2D eigenvalue weighted by molar-refractivity contribution is -0.138. The van der Waals surface area contributed by atoms with Crippen LogP contribution in [0.2, 0.25) is 10.0 Å². The number of nitrogens with two attached hydrogens (primary N) is 1. The van der Waals surface area contributed by atoms with Crippen molar-refractivity contribution in [1.29, 1.82) is 0 Å². The Balaban J connectivity index is 1.52. The molecule has 1 unspecified atom stereocenters. The number of nitrogens with zero attached hydrogens (tertiary/aromatic N) is 4. The normalized spacial score (nSPS) is 16.0. The van der Waals surface area contributed by atoms with E-state index in [4.69, 9.17) is 43.4 Å². The van der Waals surface area contributed by atoms with Gasteiger partial charge < -0.3 is 15.2 Å². The molecule has 5 aromatic rings. The third-order valence-electron chi connectivity index (χ3n) is 7.43. The molecule has 2 N–H and O–H groups in total. The fourth-order valence-corrected chi connectivity index (χ4v) is 5.78. The molecule has 1 amide bonds. The molecular weight excluding hydrogens is 605 g/mol. The van der Waals surface area contributed by atoms with E-state index in [0.29, 0.717) is 40.1 Å². The third-order valence-corrected chi connectivity index (χ3v) is 8.01. The summed E-state index contributed by atoms with van der Waals surface area (Å²) in [5.41, 5.74) is 7.20. The lowest BCUT2D eigenvalue weighted by Crippen LogP contribution is -2.43. The van der Waals surface area contributed by atoms with E-state index >= 15 is 0 Å². The summed E-state index contributed by atoms with van der Waals surface area (Å²) < 4.78 is 15.4. The summed E-state index contributed by atoms with van der Waals surface area (Å²) in [5, 5.41) is 0.902. The van der Waals surface area contributed by atoms with Gasteiger partial charge in [0.15, 0.2) is 17.0 Å². The van der Waals surface area contributed by atoms with Crippen LogP contribution in [0, 0.1) is 0 Å². The number of rotatable bonds is 8. The second-order valence-electron chi connectivity index (χ2n) is 11.1. The first-order valence-corrected chi connectivity index (χ1v) is 14.7. The van der Waals surface area contributed by atoms with E-state index in [0.717, 1.165) is 15.7 Å². The van der Waals surface area contributed by atoms with Gasteiger partial charge in [0.1, 0.15) is 12.4 Å². The van der Waals surface area contributed by atoms with Crippen molar-refractivity contribution >= 4 is 40.3 Å². The number of primary amides is 1. The number of ether oxygens (including phenoxy) is 2. The minimum absolute atomic E-state index is 0.0597. The van der Waals surface area contributed by atoms with Crippen molar-refractivity contribution < 1.29 is 14.3 Å². The number of hydrogen-bond donors (Lipinski definition) is 1.